The minimum Gasteiger partial charge on any atom is -0.427 e. The molecule has 2 aliphatic heterocycles. The molecule has 1 spiro atoms. The summed E-state index contributed by atoms with van der Waals surface area (Å²) in [5.41, 5.74) is 6.99. The highest BCUT2D eigenvalue weighted by atomic mass is 19.1. The second-order valence-corrected chi connectivity index (χ2v) is 12.0. The van der Waals surface area contributed by atoms with Gasteiger partial charge in [-0.25, -0.2) is 14.1 Å². The number of amides is 4. The number of carbonyl (C=O) groups excluding carboxylic acids is 4. The Hall–Kier alpha value is -3.79. The van der Waals surface area contributed by atoms with E-state index < -0.39 is 29.7 Å². The Labute approximate surface area is 231 Å². The molecule has 2 atom stereocenters. The Bertz CT molecular complexity index is 1430. The number of ether oxygens (including phenoxy) is 1. The minimum atomic E-state index is -1.48. The van der Waals surface area contributed by atoms with Crippen molar-refractivity contribution in [2.75, 3.05) is 11.9 Å². The average molecular weight is 549 g/mol. The molecule has 2 aliphatic carbocycles. The third-order valence-electron chi connectivity index (χ3n) is 8.60. The molecule has 0 unspecified atom stereocenters. The van der Waals surface area contributed by atoms with Crippen LogP contribution in [-0.4, -0.2) is 51.7 Å². The second-order valence-electron chi connectivity index (χ2n) is 12.0. The number of rotatable bonds is 5. The van der Waals surface area contributed by atoms with Gasteiger partial charge in [0.05, 0.1) is 5.54 Å². The highest BCUT2D eigenvalue weighted by molar-refractivity contribution is 6.06. The second kappa shape index (κ2) is 9.40. The van der Waals surface area contributed by atoms with E-state index in [2.05, 4.69) is 5.32 Å². The Balaban J connectivity index is 1.21. The van der Waals surface area contributed by atoms with Crippen LogP contribution in [0.25, 0.3) is 0 Å². The van der Waals surface area contributed by atoms with Crippen LogP contribution >= 0.6 is 0 Å². The van der Waals surface area contributed by atoms with Crippen LogP contribution in [0.15, 0.2) is 36.4 Å². The van der Waals surface area contributed by atoms with Gasteiger partial charge in [0.15, 0.2) is 0 Å². The maximum Gasteiger partial charge on any atom is 0.418 e. The molecule has 2 fully saturated rings. The fraction of sp³-hybridized carbons (Fsp3) is 0.467. The highest BCUT2D eigenvalue weighted by Gasteiger charge is 2.58. The molecule has 210 valence electrons. The maximum absolute atomic E-state index is 13.9. The summed E-state index contributed by atoms with van der Waals surface area (Å²) in [6.45, 7) is 3.12. The number of nitrogens with zero attached hydrogens (tertiary/aromatic N) is 2. The summed E-state index contributed by atoms with van der Waals surface area (Å²) in [7, 11) is 0. The van der Waals surface area contributed by atoms with Gasteiger partial charge in [-0.15, -0.1) is 0 Å². The Kier molecular flexibility index (Phi) is 6.21. The van der Waals surface area contributed by atoms with E-state index in [9.17, 15) is 23.6 Å². The number of carbonyl (C=O) groups is 4. The van der Waals surface area contributed by atoms with Gasteiger partial charge < -0.3 is 20.7 Å². The van der Waals surface area contributed by atoms with Gasteiger partial charge in [0.1, 0.15) is 12.4 Å². The molecule has 4 aliphatic rings. The number of hydrogen-bond acceptors (Lipinski definition) is 6. The molecule has 2 aromatic carbocycles. The van der Waals surface area contributed by atoms with Crippen LogP contribution in [0.3, 0.4) is 0 Å². The van der Waals surface area contributed by atoms with Crippen LogP contribution in [0.2, 0.25) is 0 Å². The van der Waals surface area contributed by atoms with Gasteiger partial charge in [-0.3, -0.25) is 14.4 Å². The molecule has 2 heterocycles. The maximum atomic E-state index is 13.9. The largest absolute Gasteiger partial charge is 0.427 e. The number of nitrogens with one attached hydrogen (secondary N) is 1. The lowest BCUT2D eigenvalue weighted by Crippen LogP contribution is -2.48. The molecular weight excluding hydrogens is 515 g/mol. The molecule has 3 N–H and O–H groups in total. The molecular formula is C30H33FN4O5. The number of halogens is 1. The molecule has 1 saturated carbocycles. The zero-order valence-corrected chi connectivity index (χ0v) is 22.7. The summed E-state index contributed by atoms with van der Waals surface area (Å²) < 4.78 is 19.6. The summed E-state index contributed by atoms with van der Waals surface area (Å²) in [5, 5.41) is 2.78. The summed E-state index contributed by atoms with van der Waals surface area (Å²) >= 11 is 0. The van der Waals surface area contributed by atoms with Crippen molar-refractivity contribution in [2.45, 2.75) is 76.1 Å². The highest BCUT2D eigenvalue weighted by Crippen LogP contribution is 2.46. The lowest BCUT2D eigenvalue weighted by Gasteiger charge is -2.31. The lowest BCUT2D eigenvalue weighted by atomic mass is 9.94. The SMILES string of the molecule is CC(C)(N)C(=O)Nc1ccc2c(c1)CC[C@]21OC(=O)N(CC(=O)N2Cc3ccc(F)cc3CC[C@@H]2C2CC2)C1=O. The van der Waals surface area contributed by atoms with Gasteiger partial charge in [0, 0.05) is 30.3 Å². The van der Waals surface area contributed by atoms with E-state index in [1.807, 2.05) is 0 Å². The first-order valence-electron chi connectivity index (χ1n) is 13.8. The fourth-order valence-corrected chi connectivity index (χ4v) is 6.23. The number of fused-ring (bicyclic) bond motifs is 3. The van der Waals surface area contributed by atoms with Crippen molar-refractivity contribution in [3.8, 4) is 0 Å². The quantitative estimate of drug-likeness (QED) is 0.591. The standard InChI is InChI=1S/C30H33FN4O5/c1-29(2,32)26(37)33-22-8-9-23-19(14-22)11-12-30(23)27(38)35(28(39)40-30)16-25(36)34-15-20-5-7-21(31)13-18(20)6-10-24(34)17-3-4-17/h5,7-9,13-14,17,24H,3-4,6,10-12,15-16,32H2,1-2H3,(H,33,37)/t24-,30+/m1/s1. The molecule has 10 heteroatoms. The van der Waals surface area contributed by atoms with Gasteiger partial charge in [0.25, 0.3) is 5.91 Å². The van der Waals surface area contributed by atoms with Crippen LogP contribution in [0.4, 0.5) is 14.9 Å². The van der Waals surface area contributed by atoms with E-state index in [4.69, 9.17) is 10.5 Å². The Morgan fingerprint density at radius 2 is 1.85 bits per heavy atom. The Morgan fingerprint density at radius 3 is 2.58 bits per heavy atom. The van der Waals surface area contributed by atoms with E-state index in [0.717, 1.165) is 34.4 Å². The summed E-state index contributed by atoms with van der Waals surface area (Å²) in [5.74, 6) is -1.15. The molecule has 0 radical (unpaired) electrons. The zero-order chi connectivity index (χ0) is 28.4. The lowest BCUT2D eigenvalue weighted by molar-refractivity contribution is -0.143. The van der Waals surface area contributed by atoms with Gasteiger partial charge in [0.2, 0.25) is 17.4 Å². The third-order valence-corrected chi connectivity index (χ3v) is 8.60. The minimum absolute atomic E-state index is 0.0232. The third kappa shape index (κ3) is 4.54. The molecule has 40 heavy (non-hydrogen) atoms. The van der Waals surface area contributed by atoms with Crippen molar-refractivity contribution < 1.29 is 28.3 Å². The summed E-state index contributed by atoms with van der Waals surface area (Å²) in [6, 6.07) is 9.73. The number of hydrogen-bond donors (Lipinski definition) is 2. The molecule has 9 nitrogen and oxygen atoms in total. The van der Waals surface area contributed by atoms with Crippen LogP contribution < -0.4 is 11.1 Å². The van der Waals surface area contributed by atoms with Crippen LogP contribution in [-0.2, 0) is 44.1 Å². The molecule has 2 aromatic rings. The first-order valence-corrected chi connectivity index (χ1v) is 13.8. The monoisotopic (exact) mass is 548 g/mol. The smallest absolute Gasteiger partial charge is 0.418 e. The van der Waals surface area contributed by atoms with E-state index in [1.165, 1.54) is 12.1 Å². The molecule has 0 aromatic heterocycles. The van der Waals surface area contributed by atoms with Gasteiger partial charge in [-0.1, -0.05) is 12.1 Å². The predicted octanol–water partition coefficient (Wildman–Crippen LogP) is 3.38. The Morgan fingerprint density at radius 1 is 1.07 bits per heavy atom. The normalized spacial score (nSPS) is 24.1. The van der Waals surface area contributed by atoms with Gasteiger partial charge in [-0.2, -0.15) is 0 Å². The average Bonchev–Trinajstić information content (AvgIpc) is 3.66. The summed E-state index contributed by atoms with van der Waals surface area (Å²) in [4.78, 5) is 55.4. The fourth-order valence-electron chi connectivity index (χ4n) is 6.23. The molecule has 4 amide bonds. The van der Waals surface area contributed by atoms with E-state index in [0.29, 0.717) is 43.0 Å². The van der Waals surface area contributed by atoms with Crippen LogP contribution in [0, 0.1) is 11.7 Å². The van der Waals surface area contributed by atoms with Crippen LogP contribution in [0.1, 0.15) is 61.8 Å². The van der Waals surface area contributed by atoms with Crippen molar-refractivity contribution in [3.05, 3.63) is 64.5 Å². The van der Waals surface area contributed by atoms with Gasteiger partial charge >= 0.3 is 6.09 Å². The first kappa shape index (κ1) is 26.4. The van der Waals surface area contributed by atoms with Crippen molar-refractivity contribution in [1.29, 1.82) is 0 Å². The van der Waals surface area contributed by atoms with E-state index >= 15 is 0 Å². The van der Waals surface area contributed by atoms with E-state index in [-0.39, 0.29) is 30.1 Å². The number of imide groups is 1. The van der Waals surface area contributed by atoms with Gasteiger partial charge in [-0.05, 0) is 92.8 Å². The van der Waals surface area contributed by atoms with Crippen molar-refractivity contribution in [1.82, 2.24) is 9.80 Å². The number of aryl methyl sites for hydroxylation is 2. The van der Waals surface area contributed by atoms with Crippen molar-refractivity contribution in [3.63, 3.8) is 0 Å². The van der Waals surface area contributed by atoms with E-state index in [1.54, 1.807) is 43.0 Å². The predicted molar refractivity (Wildman–Crippen MR) is 143 cm³/mol. The van der Waals surface area contributed by atoms with Crippen molar-refractivity contribution in [2.24, 2.45) is 11.7 Å². The molecule has 6 rings (SSSR count). The molecule has 1 saturated heterocycles. The van der Waals surface area contributed by atoms with Crippen molar-refractivity contribution >= 4 is 29.5 Å². The topological polar surface area (TPSA) is 122 Å². The van der Waals surface area contributed by atoms with Crippen LogP contribution in [0.5, 0.6) is 0 Å². The number of anilines is 1. The zero-order valence-electron chi connectivity index (χ0n) is 22.7. The first-order chi connectivity index (χ1) is 19.0. The number of nitrogens with two attached hydrogens (primary N) is 1. The molecule has 0 bridgehead atoms. The number of benzene rings is 2. The summed E-state index contributed by atoms with van der Waals surface area (Å²) in [6.07, 6.45) is 3.31.